The molecule has 0 bridgehead atoms. The lowest BCUT2D eigenvalue weighted by Crippen LogP contribution is -2.31. The number of hydrogen-bond donors (Lipinski definition) is 1. The molecule has 2 aliphatic rings. The molecular formula is C29H35N5O2. The Bertz CT molecular complexity index is 1290. The van der Waals surface area contributed by atoms with Gasteiger partial charge in [-0.2, -0.15) is 0 Å². The quantitative estimate of drug-likeness (QED) is 0.519. The molecule has 0 unspecified atom stereocenters. The van der Waals surface area contributed by atoms with Gasteiger partial charge in [0.1, 0.15) is 5.82 Å². The van der Waals surface area contributed by atoms with Crippen molar-refractivity contribution in [3.8, 4) is 11.4 Å². The second-order valence-corrected chi connectivity index (χ2v) is 10.7. The monoisotopic (exact) mass is 485 g/mol. The number of carbonyl (C=O) groups is 2. The van der Waals surface area contributed by atoms with Crippen molar-refractivity contribution in [3.63, 3.8) is 0 Å². The van der Waals surface area contributed by atoms with E-state index >= 15 is 0 Å². The second-order valence-electron chi connectivity index (χ2n) is 10.7. The Morgan fingerprint density at radius 3 is 2.33 bits per heavy atom. The van der Waals surface area contributed by atoms with Gasteiger partial charge < -0.3 is 14.8 Å². The zero-order valence-corrected chi connectivity index (χ0v) is 21.8. The molecule has 5 rings (SSSR count). The summed E-state index contributed by atoms with van der Waals surface area (Å²) in [7, 11) is 0. The van der Waals surface area contributed by atoms with Gasteiger partial charge in [-0.25, -0.2) is 0 Å². The third kappa shape index (κ3) is 4.66. The Morgan fingerprint density at radius 2 is 1.72 bits per heavy atom. The van der Waals surface area contributed by atoms with Crippen LogP contribution in [0.5, 0.6) is 0 Å². The van der Waals surface area contributed by atoms with Gasteiger partial charge in [0, 0.05) is 37.3 Å². The number of nitrogens with one attached hydrogen (secondary N) is 1. The zero-order valence-electron chi connectivity index (χ0n) is 21.8. The van der Waals surface area contributed by atoms with Gasteiger partial charge in [-0.15, -0.1) is 10.2 Å². The molecule has 2 aromatic carbocycles. The maximum Gasteiger partial charge on any atom is 0.230 e. The maximum atomic E-state index is 13.6. The molecule has 0 radical (unpaired) electrons. The summed E-state index contributed by atoms with van der Waals surface area (Å²) in [5.74, 6) is 1.41. The Kier molecular flexibility index (Phi) is 6.41. The number of hydrogen-bond acceptors (Lipinski definition) is 4. The number of aryl methyl sites for hydroxylation is 2. The Balaban J connectivity index is 1.49. The lowest BCUT2D eigenvalue weighted by molar-refractivity contribution is -0.128. The van der Waals surface area contributed by atoms with Gasteiger partial charge in [0.05, 0.1) is 11.8 Å². The van der Waals surface area contributed by atoms with E-state index in [-0.39, 0.29) is 17.7 Å². The first kappa shape index (κ1) is 24.2. The largest absolute Gasteiger partial charge is 0.341 e. The van der Waals surface area contributed by atoms with E-state index in [2.05, 4.69) is 64.3 Å². The third-order valence-corrected chi connectivity index (χ3v) is 7.54. The van der Waals surface area contributed by atoms with Crippen LogP contribution in [0.15, 0.2) is 42.5 Å². The van der Waals surface area contributed by atoms with Crippen molar-refractivity contribution >= 4 is 17.5 Å². The van der Waals surface area contributed by atoms with Crippen LogP contribution in [0, 0.1) is 19.8 Å². The van der Waals surface area contributed by atoms with Crippen molar-refractivity contribution in [3.05, 3.63) is 65.0 Å². The molecule has 1 N–H and O–H groups in total. The van der Waals surface area contributed by atoms with Crippen LogP contribution in [0.3, 0.4) is 0 Å². The number of likely N-dealkylation sites (tertiary alicyclic amines) is 1. The van der Waals surface area contributed by atoms with Crippen LogP contribution in [0.4, 0.5) is 5.69 Å². The molecule has 2 amide bonds. The SMILES string of the molecule is CC(=O)N1C[C@@H](C(=O)Nc2ccc(C)cc2C)[C@H](c2nnc(-c3ccc(C(C)C)cc3)n2C2CC2)C1. The molecule has 2 fully saturated rings. The van der Waals surface area contributed by atoms with Gasteiger partial charge in [0.15, 0.2) is 5.82 Å². The number of nitrogens with zero attached hydrogens (tertiary/aromatic N) is 4. The van der Waals surface area contributed by atoms with E-state index in [0.29, 0.717) is 25.0 Å². The van der Waals surface area contributed by atoms with E-state index in [4.69, 9.17) is 0 Å². The highest BCUT2D eigenvalue weighted by molar-refractivity contribution is 5.94. The molecule has 1 aliphatic heterocycles. The lowest BCUT2D eigenvalue weighted by atomic mass is 9.93. The van der Waals surface area contributed by atoms with Crippen LogP contribution >= 0.6 is 0 Å². The summed E-state index contributed by atoms with van der Waals surface area (Å²) in [6.07, 6.45) is 2.15. The third-order valence-electron chi connectivity index (χ3n) is 7.54. The first-order valence-electron chi connectivity index (χ1n) is 12.9. The number of amides is 2. The molecule has 36 heavy (non-hydrogen) atoms. The van der Waals surface area contributed by atoms with Gasteiger partial charge in [-0.3, -0.25) is 9.59 Å². The normalized spacial score (nSPS) is 19.7. The summed E-state index contributed by atoms with van der Waals surface area (Å²) in [4.78, 5) is 27.7. The van der Waals surface area contributed by atoms with Crippen molar-refractivity contribution < 1.29 is 9.59 Å². The zero-order chi connectivity index (χ0) is 25.6. The summed E-state index contributed by atoms with van der Waals surface area (Å²) in [6, 6.07) is 14.9. The van der Waals surface area contributed by atoms with Crippen LogP contribution in [-0.2, 0) is 9.59 Å². The predicted molar refractivity (Wildman–Crippen MR) is 141 cm³/mol. The van der Waals surface area contributed by atoms with E-state index < -0.39 is 5.92 Å². The smallest absolute Gasteiger partial charge is 0.230 e. The number of benzene rings is 2. The fourth-order valence-electron chi connectivity index (χ4n) is 5.23. The van der Waals surface area contributed by atoms with Crippen molar-refractivity contribution in [1.82, 2.24) is 19.7 Å². The summed E-state index contributed by atoms with van der Waals surface area (Å²) < 4.78 is 2.23. The van der Waals surface area contributed by atoms with Crippen LogP contribution in [0.2, 0.25) is 0 Å². The van der Waals surface area contributed by atoms with Gasteiger partial charge >= 0.3 is 0 Å². The Morgan fingerprint density at radius 1 is 1.00 bits per heavy atom. The lowest BCUT2D eigenvalue weighted by Gasteiger charge is -2.20. The minimum Gasteiger partial charge on any atom is -0.341 e. The average molecular weight is 486 g/mol. The molecular weight excluding hydrogens is 450 g/mol. The summed E-state index contributed by atoms with van der Waals surface area (Å²) in [5.41, 5.74) is 5.29. The van der Waals surface area contributed by atoms with Crippen LogP contribution < -0.4 is 5.32 Å². The molecule has 0 spiro atoms. The first-order chi connectivity index (χ1) is 17.2. The van der Waals surface area contributed by atoms with Crippen LogP contribution in [-0.4, -0.2) is 44.6 Å². The van der Waals surface area contributed by atoms with Crippen LogP contribution in [0.1, 0.15) is 74.0 Å². The van der Waals surface area contributed by atoms with E-state index in [0.717, 1.165) is 46.9 Å². The fraction of sp³-hybridized carbons (Fsp3) is 0.448. The molecule has 1 aliphatic carbocycles. The number of carbonyl (C=O) groups excluding carboxylic acids is 2. The topological polar surface area (TPSA) is 80.1 Å². The molecule has 188 valence electrons. The maximum absolute atomic E-state index is 13.6. The Hall–Kier alpha value is -3.48. The summed E-state index contributed by atoms with van der Waals surface area (Å²) >= 11 is 0. The number of aromatic nitrogens is 3. The van der Waals surface area contributed by atoms with Crippen molar-refractivity contribution in [2.24, 2.45) is 5.92 Å². The minimum absolute atomic E-state index is 0.0243. The standard InChI is InChI=1S/C29H35N5O2/c1-17(2)21-7-9-22(10-8-21)27-31-32-28(34(27)23-11-12-23)24-15-33(20(5)35)16-25(24)29(36)30-26-13-6-18(3)14-19(26)4/h6-10,13-14,17,23-25H,11-12,15-16H2,1-5H3,(H,30,36)/t24-,25-/m1/s1. The van der Waals surface area contributed by atoms with Crippen molar-refractivity contribution in [2.45, 2.75) is 65.3 Å². The minimum atomic E-state index is -0.396. The van der Waals surface area contributed by atoms with Gasteiger partial charge in [-0.1, -0.05) is 55.8 Å². The number of anilines is 1. The van der Waals surface area contributed by atoms with Crippen LogP contribution in [0.25, 0.3) is 11.4 Å². The Labute approximate surface area is 212 Å². The highest BCUT2D eigenvalue weighted by Crippen LogP contribution is 2.43. The van der Waals surface area contributed by atoms with E-state index in [1.54, 1.807) is 11.8 Å². The molecule has 1 saturated heterocycles. The molecule has 7 heteroatoms. The van der Waals surface area contributed by atoms with E-state index in [1.807, 2.05) is 26.0 Å². The van der Waals surface area contributed by atoms with Crippen molar-refractivity contribution in [1.29, 1.82) is 0 Å². The molecule has 1 aromatic heterocycles. The molecule has 1 saturated carbocycles. The summed E-state index contributed by atoms with van der Waals surface area (Å²) in [6.45, 7) is 10.8. The second kappa shape index (κ2) is 9.52. The molecule has 3 aromatic rings. The number of rotatable bonds is 6. The first-order valence-corrected chi connectivity index (χ1v) is 12.9. The van der Waals surface area contributed by atoms with E-state index in [1.165, 1.54) is 5.56 Å². The highest BCUT2D eigenvalue weighted by Gasteiger charge is 2.44. The fourth-order valence-corrected chi connectivity index (χ4v) is 5.23. The van der Waals surface area contributed by atoms with Gasteiger partial charge in [0.25, 0.3) is 0 Å². The van der Waals surface area contributed by atoms with E-state index in [9.17, 15) is 9.59 Å². The average Bonchev–Trinajstić information content (AvgIpc) is 3.42. The summed E-state index contributed by atoms with van der Waals surface area (Å²) in [5, 5.41) is 12.4. The predicted octanol–water partition coefficient (Wildman–Crippen LogP) is 5.22. The molecule has 7 nitrogen and oxygen atoms in total. The van der Waals surface area contributed by atoms with Crippen molar-refractivity contribution in [2.75, 3.05) is 18.4 Å². The molecule has 2 atom stereocenters. The van der Waals surface area contributed by atoms with Gasteiger partial charge in [0.2, 0.25) is 11.8 Å². The molecule has 2 heterocycles. The highest BCUT2D eigenvalue weighted by atomic mass is 16.2. The van der Waals surface area contributed by atoms with Gasteiger partial charge in [-0.05, 0) is 49.8 Å².